The molecule has 7 nitrogen and oxygen atoms in total. The maximum atomic E-state index is 13.0. The number of halogens is 1. The normalized spacial score (nSPS) is 12.1. The fourth-order valence-corrected chi connectivity index (χ4v) is 3.70. The van der Waals surface area contributed by atoms with Gasteiger partial charge in [0.2, 0.25) is 0 Å². The third-order valence-corrected chi connectivity index (χ3v) is 6.03. The number of rotatable bonds is 10. The van der Waals surface area contributed by atoms with Crippen LogP contribution in [0.3, 0.4) is 0 Å². The largest absolute Gasteiger partial charge is 0.457 e. The minimum absolute atomic E-state index is 0.00265. The summed E-state index contributed by atoms with van der Waals surface area (Å²) in [7, 11) is -3.20. The van der Waals surface area contributed by atoms with Crippen LogP contribution in [0.2, 0.25) is 5.02 Å². The van der Waals surface area contributed by atoms with Crippen LogP contribution in [0.5, 0.6) is 11.5 Å². The number of anilines is 1. The van der Waals surface area contributed by atoms with Crippen LogP contribution in [-0.2, 0) is 21.2 Å². The van der Waals surface area contributed by atoms with Gasteiger partial charge in [0.1, 0.15) is 27.6 Å². The number of nitrogens with zero attached hydrogens (tertiary/aromatic N) is 1. The molecule has 0 aliphatic heterocycles. The number of ether oxygens (including phenoxy) is 2. The molecule has 0 spiro atoms. The fraction of sp³-hybridized carbons (Fsp3) is 0.240. The number of amides is 2. The van der Waals surface area contributed by atoms with E-state index in [2.05, 4.69) is 5.32 Å². The Bertz CT molecular complexity index is 1170. The average molecular weight is 503 g/mol. The predicted octanol–water partition coefficient (Wildman–Crippen LogP) is 5.26. The van der Waals surface area contributed by atoms with Gasteiger partial charge in [0.15, 0.2) is 0 Å². The molecule has 3 rings (SSSR count). The monoisotopic (exact) mass is 502 g/mol. The smallest absolute Gasteiger partial charge is 0.324 e. The molecule has 0 saturated heterocycles. The van der Waals surface area contributed by atoms with E-state index in [0.717, 1.165) is 11.8 Å². The highest BCUT2D eigenvalue weighted by Gasteiger charge is 2.23. The summed E-state index contributed by atoms with van der Waals surface area (Å²) in [5.74, 6) is 1.06. The summed E-state index contributed by atoms with van der Waals surface area (Å²) in [6.45, 7) is 2.07. The van der Waals surface area contributed by atoms with Crippen molar-refractivity contribution in [1.29, 1.82) is 0 Å². The highest BCUT2D eigenvalue weighted by molar-refractivity contribution is 7.90. The van der Waals surface area contributed by atoms with Crippen molar-refractivity contribution in [3.05, 3.63) is 89.4 Å². The Labute approximate surface area is 205 Å². The first kappa shape index (κ1) is 25.6. The van der Waals surface area contributed by atoms with E-state index in [0.29, 0.717) is 28.8 Å². The zero-order chi connectivity index (χ0) is 24.6. The van der Waals surface area contributed by atoms with Gasteiger partial charge in [-0.05, 0) is 61.0 Å². The van der Waals surface area contributed by atoms with Gasteiger partial charge in [-0.25, -0.2) is 13.2 Å². The van der Waals surface area contributed by atoms with Gasteiger partial charge >= 0.3 is 6.03 Å². The van der Waals surface area contributed by atoms with Gasteiger partial charge in [0, 0.05) is 23.5 Å². The van der Waals surface area contributed by atoms with Gasteiger partial charge in [0.05, 0.1) is 12.4 Å². The number of nitrogens with one attached hydrogen (secondary N) is 1. The molecule has 0 aliphatic carbocycles. The molecule has 3 aromatic rings. The minimum Gasteiger partial charge on any atom is -0.457 e. The number of carbonyl (C=O) groups excluding carboxylic acids is 1. The number of urea groups is 1. The zero-order valence-electron chi connectivity index (χ0n) is 19.0. The van der Waals surface area contributed by atoms with E-state index >= 15 is 0 Å². The topological polar surface area (TPSA) is 84.9 Å². The lowest BCUT2D eigenvalue weighted by molar-refractivity contribution is 0.0550. The predicted molar refractivity (Wildman–Crippen MR) is 134 cm³/mol. The molecule has 0 radical (unpaired) electrons. The van der Waals surface area contributed by atoms with Crippen molar-refractivity contribution in [2.75, 3.05) is 23.5 Å². The molecule has 9 heteroatoms. The number of sulfone groups is 1. The van der Waals surface area contributed by atoms with Crippen LogP contribution in [0, 0.1) is 0 Å². The SMILES string of the molecule is CC(OCc1ccccc1)N(C(=O)NCCS(C)(=O)=O)c1ccc(Oc2ccc(Cl)cc2)cc1. The molecule has 0 aromatic heterocycles. The zero-order valence-corrected chi connectivity index (χ0v) is 20.6. The van der Waals surface area contributed by atoms with Gasteiger partial charge in [0.25, 0.3) is 0 Å². The summed E-state index contributed by atoms with van der Waals surface area (Å²) in [5, 5.41) is 3.28. The Kier molecular flexibility index (Phi) is 8.92. The molecule has 3 aromatic carbocycles. The molecule has 1 atom stereocenters. The molecular formula is C25H27ClN2O5S. The van der Waals surface area contributed by atoms with E-state index in [9.17, 15) is 13.2 Å². The van der Waals surface area contributed by atoms with Gasteiger partial charge in [-0.3, -0.25) is 4.90 Å². The standard InChI is InChI=1S/C25H27ClN2O5S/c1-19(32-18-20-6-4-3-5-7-20)28(25(29)27-16-17-34(2,30)31)22-10-14-24(15-11-22)33-23-12-8-21(26)9-13-23/h3-15,19H,16-18H2,1-2H3,(H,27,29). The van der Waals surface area contributed by atoms with Crippen LogP contribution in [0.15, 0.2) is 78.9 Å². The molecule has 1 unspecified atom stereocenters. The van der Waals surface area contributed by atoms with Gasteiger partial charge in [-0.1, -0.05) is 41.9 Å². The number of benzene rings is 3. The quantitative estimate of drug-likeness (QED) is 0.382. The first-order valence-corrected chi connectivity index (χ1v) is 13.1. The van der Waals surface area contributed by atoms with Gasteiger partial charge < -0.3 is 14.8 Å². The van der Waals surface area contributed by atoms with Crippen LogP contribution in [-0.4, -0.2) is 39.2 Å². The Hall–Kier alpha value is -3.07. The summed E-state index contributed by atoms with van der Waals surface area (Å²) in [4.78, 5) is 14.4. The second kappa shape index (κ2) is 11.9. The van der Waals surface area contributed by atoms with Gasteiger partial charge in [-0.2, -0.15) is 0 Å². The molecule has 0 saturated carbocycles. The number of hydrogen-bond donors (Lipinski definition) is 1. The average Bonchev–Trinajstić information content (AvgIpc) is 2.80. The first-order valence-electron chi connectivity index (χ1n) is 10.6. The van der Waals surface area contributed by atoms with Crippen molar-refractivity contribution in [2.45, 2.75) is 19.8 Å². The van der Waals surface area contributed by atoms with Crippen LogP contribution < -0.4 is 15.0 Å². The van der Waals surface area contributed by atoms with Crippen LogP contribution in [0.1, 0.15) is 12.5 Å². The summed E-state index contributed by atoms with van der Waals surface area (Å²) in [6.07, 6.45) is 0.503. The maximum Gasteiger partial charge on any atom is 0.324 e. The summed E-state index contributed by atoms with van der Waals surface area (Å²) >= 11 is 5.91. The molecule has 1 N–H and O–H groups in total. The first-order chi connectivity index (χ1) is 16.2. The van der Waals surface area contributed by atoms with Crippen molar-refractivity contribution in [3.8, 4) is 11.5 Å². The number of hydrogen-bond acceptors (Lipinski definition) is 5. The lowest BCUT2D eigenvalue weighted by Crippen LogP contribution is -2.47. The van der Waals surface area contributed by atoms with E-state index < -0.39 is 22.1 Å². The fourth-order valence-electron chi connectivity index (χ4n) is 3.10. The van der Waals surface area contributed by atoms with E-state index in [1.165, 1.54) is 4.90 Å². The second-order valence-electron chi connectivity index (χ2n) is 7.68. The lowest BCUT2D eigenvalue weighted by Gasteiger charge is -2.29. The van der Waals surface area contributed by atoms with Crippen molar-refractivity contribution < 1.29 is 22.7 Å². The molecule has 0 aliphatic rings. The second-order valence-corrected chi connectivity index (χ2v) is 10.4. The van der Waals surface area contributed by atoms with Crippen molar-refractivity contribution in [1.82, 2.24) is 5.32 Å². The summed E-state index contributed by atoms with van der Waals surface area (Å²) in [5.41, 5.74) is 1.54. The van der Waals surface area contributed by atoms with Crippen molar-refractivity contribution in [2.24, 2.45) is 0 Å². The van der Waals surface area contributed by atoms with Gasteiger partial charge in [-0.15, -0.1) is 0 Å². The van der Waals surface area contributed by atoms with E-state index in [1.807, 2.05) is 30.3 Å². The lowest BCUT2D eigenvalue weighted by atomic mass is 10.2. The van der Waals surface area contributed by atoms with Crippen LogP contribution in [0.4, 0.5) is 10.5 Å². The molecule has 34 heavy (non-hydrogen) atoms. The Morgan fingerprint density at radius 3 is 2.15 bits per heavy atom. The molecular weight excluding hydrogens is 476 g/mol. The van der Waals surface area contributed by atoms with Crippen molar-refractivity contribution >= 4 is 33.2 Å². The molecule has 0 heterocycles. The molecule has 2 amide bonds. The van der Waals surface area contributed by atoms with Crippen LogP contribution in [0.25, 0.3) is 0 Å². The highest BCUT2D eigenvalue weighted by Crippen LogP contribution is 2.27. The van der Waals surface area contributed by atoms with E-state index in [1.54, 1.807) is 55.5 Å². The Balaban J connectivity index is 1.74. The third-order valence-electron chi connectivity index (χ3n) is 4.83. The third kappa shape index (κ3) is 8.06. The Morgan fingerprint density at radius 2 is 1.56 bits per heavy atom. The highest BCUT2D eigenvalue weighted by atomic mass is 35.5. The van der Waals surface area contributed by atoms with E-state index in [4.69, 9.17) is 21.1 Å². The number of carbonyl (C=O) groups is 1. The van der Waals surface area contributed by atoms with Crippen molar-refractivity contribution in [3.63, 3.8) is 0 Å². The maximum absolute atomic E-state index is 13.0. The minimum atomic E-state index is -3.20. The summed E-state index contributed by atoms with van der Waals surface area (Å²) in [6, 6.07) is 23.1. The van der Waals surface area contributed by atoms with Crippen LogP contribution >= 0.6 is 11.6 Å². The molecule has 180 valence electrons. The molecule has 0 bridgehead atoms. The molecule has 0 fully saturated rings. The van der Waals surface area contributed by atoms with E-state index in [-0.39, 0.29) is 12.3 Å². The summed E-state index contributed by atoms with van der Waals surface area (Å²) < 4.78 is 34.7. The Morgan fingerprint density at radius 1 is 0.971 bits per heavy atom.